The Kier molecular flexibility index (Phi) is 4.58. The van der Waals surface area contributed by atoms with Gasteiger partial charge in [0, 0.05) is 26.8 Å². The van der Waals surface area contributed by atoms with Crippen molar-refractivity contribution in [2.75, 3.05) is 26.8 Å². The molecule has 94 valence electrons. The van der Waals surface area contributed by atoms with E-state index in [9.17, 15) is 18.0 Å². The molecule has 1 rings (SSSR count). The summed E-state index contributed by atoms with van der Waals surface area (Å²) in [7, 11) is 1.19. The van der Waals surface area contributed by atoms with E-state index in [0.29, 0.717) is 25.6 Å². The molecule has 0 aromatic heterocycles. The number of halogens is 3. The fourth-order valence-electron chi connectivity index (χ4n) is 1.73. The minimum Gasteiger partial charge on any atom is -0.381 e. The number of hydrogen-bond donors (Lipinski definition) is 0. The van der Waals surface area contributed by atoms with Gasteiger partial charge in [0.25, 0.3) is 0 Å². The van der Waals surface area contributed by atoms with Crippen LogP contribution >= 0.6 is 0 Å². The topological polar surface area (TPSA) is 29.5 Å². The molecule has 6 heteroatoms. The standard InChI is InChI=1S/C10H16F3NO2/c1-14(9(15)10(11,12)13)5-2-8-3-6-16-7-4-8/h8H,2-7H2,1H3. The van der Waals surface area contributed by atoms with E-state index in [1.54, 1.807) is 0 Å². The Balaban J connectivity index is 2.28. The van der Waals surface area contributed by atoms with E-state index < -0.39 is 12.1 Å². The first-order valence-electron chi connectivity index (χ1n) is 5.31. The van der Waals surface area contributed by atoms with Crippen LogP contribution in [0, 0.1) is 5.92 Å². The van der Waals surface area contributed by atoms with Crippen molar-refractivity contribution in [3.05, 3.63) is 0 Å². The first-order chi connectivity index (χ1) is 7.41. The van der Waals surface area contributed by atoms with Gasteiger partial charge in [-0.25, -0.2) is 0 Å². The molecule has 1 fully saturated rings. The number of ether oxygens (including phenoxy) is 1. The lowest BCUT2D eigenvalue weighted by atomic mass is 9.96. The van der Waals surface area contributed by atoms with Gasteiger partial charge in [0.05, 0.1) is 0 Å². The Morgan fingerprint density at radius 1 is 1.38 bits per heavy atom. The van der Waals surface area contributed by atoms with Crippen molar-refractivity contribution in [3.63, 3.8) is 0 Å². The summed E-state index contributed by atoms with van der Waals surface area (Å²) in [4.78, 5) is 11.6. The molecule has 16 heavy (non-hydrogen) atoms. The van der Waals surface area contributed by atoms with Crippen molar-refractivity contribution in [3.8, 4) is 0 Å². The van der Waals surface area contributed by atoms with E-state index in [1.165, 1.54) is 7.05 Å². The fourth-order valence-corrected chi connectivity index (χ4v) is 1.73. The SMILES string of the molecule is CN(CCC1CCOCC1)C(=O)C(F)(F)F. The van der Waals surface area contributed by atoms with E-state index >= 15 is 0 Å². The van der Waals surface area contributed by atoms with Crippen LogP contribution in [0.1, 0.15) is 19.3 Å². The maximum atomic E-state index is 12.1. The van der Waals surface area contributed by atoms with Gasteiger partial charge in [-0.15, -0.1) is 0 Å². The number of carbonyl (C=O) groups excluding carboxylic acids is 1. The fraction of sp³-hybridized carbons (Fsp3) is 0.900. The number of nitrogens with zero attached hydrogens (tertiary/aromatic N) is 1. The zero-order valence-electron chi connectivity index (χ0n) is 9.22. The molecule has 0 bridgehead atoms. The number of alkyl halides is 3. The first kappa shape index (κ1) is 13.3. The zero-order chi connectivity index (χ0) is 12.2. The van der Waals surface area contributed by atoms with Crippen LogP contribution in [0.5, 0.6) is 0 Å². The van der Waals surface area contributed by atoms with Crippen molar-refractivity contribution in [2.45, 2.75) is 25.4 Å². The van der Waals surface area contributed by atoms with Gasteiger partial charge in [-0.2, -0.15) is 13.2 Å². The summed E-state index contributed by atoms with van der Waals surface area (Å²) in [5.74, 6) is -1.39. The normalized spacial score (nSPS) is 18.5. The summed E-state index contributed by atoms with van der Waals surface area (Å²) in [5, 5.41) is 0. The van der Waals surface area contributed by atoms with Gasteiger partial charge in [-0.1, -0.05) is 0 Å². The summed E-state index contributed by atoms with van der Waals surface area (Å²) in [6, 6.07) is 0. The van der Waals surface area contributed by atoms with Crippen LogP contribution < -0.4 is 0 Å². The van der Waals surface area contributed by atoms with Crippen molar-refractivity contribution in [2.24, 2.45) is 5.92 Å². The van der Waals surface area contributed by atoms with Crippen LogP contribution in [0.3, 0.4) is 0 Å². The van der Waals surface area contributed by atoms with Crippen LogP contribution in [0.2, 0.25) is 0 Å². The average Bonchev–Trinajstić information content (AvgIpc) is 2.25. The zero-order valence-corrected chi connectivity index (χ0v) is 9.22. The van der Waals surface area contributed by atoms with Crippen LogP contribution in [-0.2, 0) is 9.53 Å². The van der Waals surface area contributed by atoms with Crippen LogP contribution in [-0.4, -0.2) is 43.8 Å². The number of rotatable bonds is 3. The maximum Gasteiger partial charge on any atom is 0.471 e. The lowest BCUT2D eigenvalue weighted by molar-refractivity contribution is -0.184. The number of hydrogen-bond acceptors (Lipinski definition) is 2. The molecule has 0 radical (unpaired) electrons. The highest BCUT2D eigenvalue weighted by atomic mass is 19.4. The molecular formula is C10H16F3NO2. The molecule has 1 aliphatic heterocycles. The molecule has 1 aliphatic rings. The average molecular weight is 239 g/mol. The number of carbonyl (C=O) groups is 1. The smallest absolute Gasteiger partial charge is 0.381 e. The Morgan fingerprint density at radius 3 is 2.44 bits per heavy atom. The molecule has 0 N–H and O–H groups in total. The Bertz CT molecular complexity index is 237. The second-order valence-corrected chi connectivity index (χ2v) is 4.07. The summed E-state index contributed by atoms with van der Waals surface area (Å²) in [6.07, 6.45) is -2.41. The largest absolute Gasteiger partial charge is 0.471 e. The lowest BCUT2D eigenvalue weighted by Crippen LogP contribution is -2.39. The van der Waals surface area contributed by atoms with E-state index in [-0.39, 0.29) is 6.54 Å². The summed E-state index contributed by atoms with van der Waals surface area (Å²) < 4.78 is 41.3. The molecule has 0 aromatic carbocycles. The second kappa shape index (κ2) is 5.52. The van der Waals surface area contributed by atoms with Crippen molar-refractivity contribution in [1.82, 2.24) is 4.90 Å². The third kappa shape index (κ3) is 4.00. The van der Waals surface area contributed by atoms with Crippen molar-refractivity contribution >= 4 is 5.91 Å². The van der Waals surface area contributed by atoms with E-state index in [1.807, 2.05) is 0 Å². The van der Waals surface area contributed by atoms with Gasteiger partial charge in [0.1, 0.15) is 0 Å². The molecule has 0 saturated carbocycles. The molecule has 1 amide bonds. The van der Waals surface area contributed by atoms with Gasteiger partial charge in [-0.3, -0.25) is 4.79 Å². The predicted octanol–water partition coefficient (Wildman–Crippen LogP) is 1.82. The highest BCUT2D eigenvalue weighted by Gasteiger charge is 2.41. The van der Waals surface area contributed by atoms with Crippen molar-refractivity contribution < 1.29 is 22.7 Å². The van der Waals surface area contributed by atoms with E-state index in [0.717, 1.165) is 17.7 Å². The van der Waals surface area contributed by atoms with Gasteiger partial charge >= 0.3 is 12.1 Å². The van der Waals surface area contributed by atoms with Gasteiger partial charge in [0.2, 0.25) is 0 Å². The Morgan fingerprint density at radius 2 is 1.94 bits per heavy atom. The molecule has 3 nitrogen and oxygen atoms in total. The molecule has 0 unspecified atom stereocenters. The third-order valence-corrected chi connectivity index (χ3v) is 2.80. The third-order valence-electron chi connectivity index (χ3n) is 2.80. The lowest BCUT2D eigenvalue weighted by Gasteiger charge is -2.25. The van der Waals surface area contributed by atoms with Gasteiger partial charge in [0.15, 0.2) is 0 Å². The van der Waals surface area contributed by atoms with E-state index in [4.69, 9.17) is 4.74 Å². The van der Waals surface area contributed by atoms with Crippen molar-refractivity contribution in [1.29, 1.82) is 0 Å². The minimum absolute atomic E-state index is 0.156. The van der Waals surface area contributed by atoms with E-state index in [2.05, 4.69) is 0 Å². The first-order valence-corrected chi connectivity index (χ1v) is 5.31. The molecule has 0 aliphatic carbocycles. The molecule has 1 saturated heterocycles. The highest BCUT2D eigenvalue weighted by molar-refractivity contribution is 5.81. The summed E-state index contributed by atoms with van der Waals surface area (Å²) in [6.45, 7) is 1.49. The Hall–Kier alpha value is -0.780. The quantitative estimate of drug-likeness (QED) is 0.752. The monoisotopic (exact) mass is 239 g/mol. The molecule has 1 heterocycles. The van der Waals surface area contributed by atoms with Crippen LogP contribution in [0.25, 0.3) is 0 Å². The molecule has 0 atom stereocenters. The van der Waals surface area contributed by atoms with Crippen LogP contribution in [0.4, 0.5) is 13.2 Å². The second-order valence-electron chi connectivity index (χ2n) is 4.07. The summed E-state index contributed by atoms with van der Waals surface area (Å²) >= 11 is 0. The summed E-state index contributed by atoms with van der Waals surface area (Å²) in [5.41, 5.74) is 0. The highest BCUT2D eigenvalue weighted by Crippen LogP contribution is 2.21. The maximum absolute atomic E-state index is 12.1. The molecular weight excluding hydrogens is 223 g/mol. The van der Waals surface area contributed by atoms with Crippen LogP contribution in [0.15, 0.2) is 0 Å². The molecule has 0 aromatic rings. The van der Waals surface area contributed by atoms with Gasteiger partial charge < -0.3 is 9.64 Å². The van der Waals surface area contributed by atoms with Gasteiger partial charge in [-0.05, 0) is 25.2 Å². The Labute approximate surface area is 92.5 Å². The minimum atomic E-state index is -4.76. The number of amides is 1. The molecule has 0 spiro atoms. The predicted molar refractivity (Wildman–Crippen MR) is 51.9 cm³/mol.